The van der Waals surface area contributed by atoms with E-state index in [1.807, 2.05) is 64.7 Å². The predicted molar refractivity (Wildman–Crippen MR) is 112 cm³/mol. The Labute approximate surface area is 174 Å². The van der Waals surface area contributed by atoms with Crippen LogP contribution in [0.25, 0.3) is 11.0 Å². The van der Waals surface area contributed by atoms with Crippen molar-refractivity contribution < 1.29 is 4.79 Å². The van der Waals surface area contributed by atoms with Crippen molar-refractivity contribution in [2.75, 3.05) is 5.75 Å². The van der Waals surface area contributed by atoms with Crippen LogP contribution in [-0.4, -0.2) is 41.3 Å². The van der Waals surface area contributed by atoms with E-state index in [1.54, 1.807) is 0 Å². The normalized spacial score (nSPS) is 11.2. The van der Waals surface area contributed by atoms with Gasteiger partial charge < -0.3 is 4.57 Å². The highest BCUT2D eigenvalue weighted by molar-refractivity contribution is 9.10. The topological polar surface area (TPSA) is 78.5 Å². The van der Waals surface area contributed by atoms with Crippen molar-refractivity contribution >= 4 is 44.5 Å². The molecule has 0 fully saturated rings. The molecule has 0 aliphatic heterocycles. The molecule has 28 heavy (non-hydrogen) atoms. The highest BCUT2D eigenvalue weighted by atomic mass is 79.9. The first-order chi connectivity index (χ1) is 13.7. The van der Waals surface area contributed by atoms with Crippen molar-refractivity contribution in [2.24, 2.45) is 0 Å². The smallest absolute Gasteiger partial charge is 0.191 e. The maximum Gasteiger partial charge on any atom is 0.191 e. The highest BCUT2D eigenvalue weighted by Crippen LogP contribution is 2.20. The number of nitrogens with zero attached hydrogens (tertiary/aromatic N) is 6. The predicted octanol–water partition coefficient (Wildman–Crippen LogP) is 3.83. The van der Waals surface area contributed by atoms with E-state index in [4.69, 9.17) is 0 Å². The van der Waals surface area contributed by atoms with Gasteiger partial charge in [-0.3, -0.25) is 4.79 Å². The number of rotatable bonds is 7. The molecule has 0 atom stereocenters. The lowest BCUT2D eigenvalue weighted by Gasteiger charge is -2.07. The van der Waals surface area contributed by atoms with Gasteiger partial charge in [0.2, 0.25) is 0 Å². The summed E-state index contributed by atoms with van der Waals surface area (Å²) in [7, 11) is 0. The van der Waals surface area contributed by atoms with Gasteiger partial charge >= 0.3 is 0 Å². The number of thioether (sulfide) groups is 1. The number of carbonyl (C=O) groups is 1. The van der Waals surface area contributed by atoms with Crippen molar-refractivity contribution in [3.8, 4) is 0 Å². The van der Waals surface area contributed by atoms with Gasteiger partial charge in [0.1, 0.15) is 12.1 Å². The number of halogens is 1. The molecule has 0 aliphatic rings. The van der Waals surface area contributed by atoms with Crippen LogP contribution in [0.15, 0.2) is 58.2 Å². The monoisotopic (exact) mass is 456 g/mol. The highest BCUT2D eigenvalue weighted by Gasteiger charge is 2.15. The molecular weight excluding hydrogens is 440 g/mol. The minimum absolute atomic E-state index is 0.0620. The molecule has 0 unspecified atom stereocenters. The third-order valence-corrected chi connectivity index (χ3v) is 5.82. The second-order valence-corrected chi connectivity index (χ2v) is 7.96. The number of carbonyl (C=O) groups excluding carboxylic acids is 1. The molecule has 0 saturated carbocycles. The van der Waals surface area contributed by atoms with Crippen LogP contribution in [-0.2, 0) is 13.1 Å². The van der Waals surface area contributed by atoms with E-state index in [2.05, 4.69) is 36.4 Å². The van der Waals surface area contributed by atoms with Crippen LogP contribution in [0.3, 0.4) is 0 Å². The van der Waals surface area contributed by atoms with Gasteiger partial charge in [0, 0.05) is 16.6 Å². The lowest BCUT2D eigenvalue weighted by molar-refractivity contribution is 0.102. The van der Waals surface area contributed by atoms with Crippen molar-refractivity contribution in [1.82, 2.24) is 29.8 Å². The Bertz CT molecular complexity index is 1120. The zero-order valence-corrected chi connectivity index (χ0v) is 17.5. The van der Waals surface area contributed by atoms with Crippen molar-refractivity contribution in [3.63, 3.8) is 0 Å². The zero-order valence-electron chi connectivity index (χ0n) is 15.1. The first-order valence-corrected chi connectivity index (χ1v) is 10.6. The van der Waals surface area contributed by atoms with E-state index in [1.165, 1.54) is 11.8 Å². The minimum atomic E-state index is 0.0620. The van der Waals surface area contributed by atoms with Gasteiger partial charge in [-0.15, -0.1) is 15.3 Å². The Balaban J connectivity index is 1.49. The molecule has 2 aromatic carbocycles. The van der Waals surface area contributed by atoms with Crippen LogP contribution in [0, 0.1) is 0 Å². The molecule has 7 nitrogen and oxygen atoms in total. The average molecular weight is 457 g/mol. The van der Waals surface area contributed by atoms with Gasteiger partial charge in [-0.05, 0) is 31.2 Å². The number of hydrogen-bond acceptors (Lipinski definition) is 6. The molecule has 0 spiro atoms. The van der Waals surface area contributed by atoms with Crippen LogP contribution in [0.2, 0.25) is 0 Å². The Morgan fingerprint density at radius 3 is 2.64 bits per heavy atom. The summed E-state index contributed by atoms with van der Waals surface area (Å²) in [6.45, 7) is 3.22. The molecule has 0 saturated heterocycles. The first kappa shape index (κ1) is 18.8. The summed E-state index contributed by atoms with van der Waals surface area (Å²) < 4.78 is 4.77. The first-order valence-electron chi connectivity index (χ1n) is 8.77. The van der Waals surface area contributed by atoms with Crippen molar-refractivity contribution in [3.05, 3.63) is 64.4 Å². The summed E-state index contributed by atoms with van der Waals surface area (Å²) in [6.07, 6.45) is 0. The maximum absolute atomic E-state index is 12.4. The second-order valence-electron chi connectivity index (χ2n) is 6.10. The molecule has 0 N–H and O–H groups in total. The molecule has 0 radical (unpaired) electrons. The van der Waals surface area contributed by atoms with E-state index in [0.29, 0.717) is 24.4 Å². The van der Waals surface area contributed by atoms with Crippen LogP contribution in [0.4, 0.5) is 0 Å². The van der Waals surface area contributed by atoms with Gasteiger partial charge in [0.25, 0.3) is 0 Å². The Morgan fingerprint density at radius 1 is 1.07 bits per heavy atom. The number of fused-ring (bicyclic) bond motifs is 1. The lowest BCUT2D eigenvalue weighted by Crippen LogP contribution is -2.10. The fourth-order valence-corrected chi connectivity index (χ4v) is 4.06. The van der Waals surface area contributed by atoms with Crippen LogP contribution in [0.1, 0.15) is 23.1 Å². The van der Waals surface area contributed by atoms with Gasteiger partial charge in [-0.25, -0.2) is 4.68 Å². The average Bonchev–Trinajstić information content (AvgIpc) is 3.31. The van der Waals surface area contributed by atoms with E-state index in [9.17, 15) is 4.79 Å². The Kier molecular flexibility index (Phi) is 5.54. The number of Topliss-reactive ketones (excluding diaryl/α,β-unsaturated/α-hetero) is 1. The molecular formula is C19H17BrN6OS. The van der Waals surface area contributed by atoms with Crippen LogP contribution < -0.4 is 0 Å². The molecule has 142 valence electrons. The summed E-state index contributed by atoms with van der Waals surface area (Å²) in [5, 5.41) is 17.7. The Hall–Kier alpha value is -2.52. The van der Waals surface area contributed by atoms with Crippen LogP contribution in [0.5, 0.6) is 0 Å². The van der Waals surface area contributed by atoms with Crippen molar-refractivity contribution in [1.29, 1.82) is 0 Å². The lowest BCUT2D eigenvalue weighted by atomic mass is 10.2. The minimum Gasteiger partial charge on any atom is -0.305 e. The van der Waals surface area contributed by atoms with E-state index < -0.39 is 0 Å². The summed E-state index contributed by atoms with van der Waals surface area (Å²) in [5.74, 6) is 1.16. The van der Waals surface area contributed by atoms with Gasteiger partial charge in [-0.2, -0.15) is 0 Å². The Morgan fingerprint density at radius 2 is 1.86 bits per heavy atom. The third-order valence-electron chi connectivity index (χ3n) is 4.32. The molecule has 4 aromatic rings. The number of hydrogen-bond donors (Lipinski definition) is 0. The molecule has 2 aromatic heterocycles. The van der Waals surface area contributed by atoms with E-state index >= 15 is 0 Å². The molecule has 0 amide bonds. The van der Waals surface area contributed by atoms with Crippen molar-refractivity contribution in [2.45, 2.75) is 25.2 Å². The van der Waals surface area contributed by atoms with Gasteiger partial charge in [0.15, 0.2) is 16.8 Å². The summed E-state index contributed by atoms with van der Waals surface area (Å²) in [6, 6.07) is 15.2. The second kappa shape index (κ2) is 8.24. The summed E-state index contributed by atoms with van der Waals surface area (Å²) >= 11 is 4.78. The molecule has 4 rings (SSSR count). The van der Waals surface area contributed by atoms with E-state index in [-0.39, 0.29) is 5.78 Å². The molecule has 2 heterocycles. The zero-order chi connectivity index (χ0) is 19.5. The standard InChI is InChI=1S/C19H17BrN6OS/c1-2-25-18(11-26-16-6-4-3-5-15(16)21-24-26)22-23-19(25)28-12-17(27)13-7-9-14(20)10-8-13/h3-10H,2,11-12H2,1H3. The number of ketones is 1. The van der Waals surface area contributed by atoms with Crippen LogP contribution >= 0.6 is 27.7 Å². The third kappa shape index (κ3) is 3.85. The van der Waals surface area contributed by atoms with Gasteiger partial charge in [-0.1, -0.05) is 57.2 Å². The summed E-state index contributed by atoms with van der Waals surface area (Å²) in [5.41, 5.74) is 2.49. The summed E-state index contributed by atoms with van der Waals surface area (Å²) in [4.78, 5) is 12.4. The quantitative estimate of drug-likeness (QED) is 0.310. The maximum atomic E-state index is 12.4. The van der Waals surface area contributed by atoms with Gasteiger partial charge in [0.05, 0.1) is 11.3 Å². The number of benzene rings is 2. The fraction of sp³-hybridized carbons (Fsp3) is 0.211. The number of aromatic nitrogens is 6. The molecule has 9 heteroatoms. The number of para-hydroxylation sites is 1. The SMILES string of the molecule is CCn1c(Cn2nnc3ccccc32)nnc1SCC(=O)c1ccc(Br)cc1. The van der Waals surface area contributed by atoms with E-state index in [0.717, 1.165) is 26.5 Å². The largest absolute Gasteiger partial charge is 0.305 e. The molecule has 0 aliphatic carbocycles. The fourth-order valence-electron chi connectivity index (χ4n) is 2.88. The molecule has 0 bridgehead atoms.